The molecule has 13 heavy (non-hydrogen) atoms. The van der Waals surface area contributed by atoms with Crippen LogP contribution in [0, 0.1) is 5.92 Å². The lowest BCUT2D eigenvalue weighted by Crippen LogP contribution is -2.34. The second-order valence-corrected chi connectivity index (χ2v) is 4.36. The van der Waals surface area contributed by atoms with E-state index in [-0.39, 0.29) is 17.2 Å². The SMILES string of the molecule is CC(C)C(=O)/C=C1\NC(C)(C)CO1. The summed E-state index contributed by atoms with van der Waals surface area (Å²) in [5, 5.41) is 3.13. The third-order valence-corrected chi connectivity index (χ3v) is 1.89. The van der Waals surface area contributed by atoms with Crippen LogP contribution in [0.15, 0.2) is 12.0 Å². The highest BCUT2D eigenvalue weighted by Crippen LogP contribution is 2.16. The van der Waals surface area contributed by atoms with E-state index in [9.17, 15) is 4.79 Å². The second kappa shape index (κ2) is 3.40. The van der Waals surface area contributed by atoms with Crippen molar-refractivity contribution >= 4 is 5.78 Å². The average molecular weight is 183 g/mol. The van der Waals surface area contributed by atoms with Crippen LogP contribution in [0.3, 0.4) is 0 Å². The minimum atomic E-state index is -0.0525. The summed E-state index contributed by atoms with van der Waals surface area (Å²) in [5.41, 5.74) is -0.0525. The molecule has 0 amide bonds. The Balaban J connectivity index is 2.60. The number of ether oxygens (including phenoxy) is 1. The van der Waals surface area contributed by atoms with Gasteiger partial charge in [0.1, 0.15) is 6.61 Å². The first-order valence-corrected chi connectivity index (χ1v) is 4.57. The number of rotatable bonds is 2. The molecule has 0 aromatic rings. The minimum absolute atomic E-state index is 0.0293. The Morgan fingerprint density at radius 1 is 1.62 bits per heavy atom. The van der Waals surface area contributed by atoms with Crippen molar-refractivity contribution in [2.24, 2.45) is 5.92 Å². The smallest absolute Gasteiger partial charge is 0.190 e. The van der Waals surface area contributed by atoms with Gasteiger partial charge < -0.3 is 10.1 Å². The predicted molar refractivity (Wildman–Crippen MR) is 51.1 cm³/mol. The molecule has 1 saturated heterocycles. The van der Waals surface area contributed by atoms with Crippen LogP contribution in [0.4, 0.5) is 0 Å². The van der Waals surface area contributed by atoms with Crippen molar-refractivity contribution in [2.45, 2.75) is 33.2 Å². The Labute approximate surface area is 79.2 Å². The van der Waals surface area contributed by atoms with Gasteiger partial charge in [-0.2, -0.15) is 0 Å². The van der Waals surface area contributed by atoms with Gasteiger partial charge in [0, 0.05) is 12.0 Å². The van der Waals surface area contributed by atoms with Crippen LogP contribution in [0.1, 0.15) is 27.7 Å². The first-order valence-electron chi connectivity index (χ1n) is 4.57. The van der Waals surface area contributed by atoms with E-state index < -0.39 is 0 Å². The molecule has 0 radical (unpaired) electrons. The van der Waals surface area contributed by atoms with Gasteiger partial charge in [0.15, 0.2) is 11.7 Å². The number of nitrogens with one attached hydrogen (secondary N) is 1. The van der Waals surface area contributed by atoms with Crippen molar-refractivity contribution in [3.8, 4) is 0 Å². The number of carbonyl (C=O) groups excluding carboxylic acids is 1. The maximum absolute atomic E-state index is 11.3. The van der Waals surface area contributed by atoms with Crippen molar-refractivity contribution in [3.63, 3.8) is 0 Å². The maximum Gasteiger partial charge on any atom is 0.190 e. The molecule has 1 aliphatic rings. The van der Waals surface area contributed by atoms with Gasteiger partial charge in [0.25, 0.3) is 0 Å². The molecule has 1 rings (SSSR count). The van der Waals surface area contributed by atoms with Crippen molar-refractivity contribution in [1.29, 1.82) is 0 Å². The zero-order valence-corrected chi connectivity index (χ0v) is 8.68. The molecule has 0 aliphatic carbocycles. The molecule has 1 fully saturated rings. The fourth-order valence-electron chi connectivity index (χ4n) is 1.04. The summed E-state index contributed by atoms with van der Waals surface area (Å²) in [7, 11) is 0. The molecular weight excluding hydrogens is 166 g/mol. The van der Waals surface area contributed by atoms with Gasteiger partial charge in [-0.05, 0) is 13.8 Å². The van der Waals surface area contributed by atoms with E-state index in [4.69, 9.17) is 4.74 Å². The molecule has 1 aliphatic heterocycles. The summed E-state index contributed by atoms with van der Waals surface area (Å²) in [6, 6.07) is 0. The molecule has 3 heteroatoms. The normalized spacial score (nSPS) is 23.0. The second-order valence-electron chi connectivity index (χ2n) is 4.36. The first-order chi connectivity index (χ1) is 5.91. The van der Waals surface area contributed by atoms with Gasteiger partial charge in [-0.15, -0.1) is 0 Å². The van der Waals surface area contributed by atoms with Crippen LogP contribution in [-0.4, -0.2) is 17.9 Å². The Morgan fingerprint density at radius 3 is 2.62 bits per heavy atom. The Morgan fingerprint density at radius 2 is 2.23 bits per heavy atom. The fourth-order valence-corrected chi connectivity index (χ4v) is 1.04. The zero-order valence-electron chi connectivity index (χ0n) is 8.68. The zero-order chi connectivity index (χ0) is 10.1. The quantitative estimate of drug-likeness (QED) is 0.658. The largest absolute Gasteiger partial charge is 0.477 e. The molecule has 0 aromatic carbocycles. The highest BCUT2D eigenvalue weighted by Gasteiger charge is 2.27. The van der Waals surface area contributed by atoms with Crippen LogP contribution < -0.4 is 5.32 Å². The van der Waals surface area contributed by atoms with E-state index >= 15 is 0 Å². The minimum Gasteiger partial charge on any atom is -0.477 e. The highest BCUT2D eigenvalue weighted by molar-refractivity contribution is 5.91. The molecule has 0 aromatic heterocycles. The highest BCUT2D eigenvalue weighted by atomic mass is 16.5. The third-order valence-electron chi connectivity index (χ3n) is 1.89. The number of hydrogen-bond acceptors (Lipinski definition) is 3. The first kappa shape index (κ1) is 10.1. The van der Waals surface area contributed by atoms with Gasteiger partial charge in [-0.25, -0.2) is 0 Å². The summed E-state index contributed by atoms with van der Waals surface area (Å²) < 4.78 is 5.32. The van der Waals surface area contributed by atoms with E-state index in [1.54, 1.807) is 6.08 Å². The van der Waals surface area contributed by atoms with Gasteiger partial charge in [-0.3, -0.25) is 4.79 Å². The maximum atomic E-state index is 11.3. The third kappa shape index (κ3) is 2.76. The monoisotopic (exact) mass is 183 g/mol. The topological polar surface area (TPSA) is 38.3 Å². The van der Waals surface area contributed by atoms with E-state index in [0.717, 1.165) is 0 Å². The summed E-state index contributed by atoms with van der Waals surface area (Å²) >= 11 is 0. The van der Waals surface area contributed by atoms with Crippen molar-refractivity contribution in [2.75, 3.05) is 6.61 Å². The fraction of sp³-hybridized carbons (Fsp3) is 0.700. The lowest BCUT2D eigenvalue weighted by molar-refractivity contribution is -0.117. The summed E-state index contributed by atoms with van der Waals surface area (Å²) in [6.07, 6.45) is 1.54. The van der Waals surface area contributed by atoms with Crippen LogP contribution >= 0.6 is 0 Å². The standard InChI is InChI=1S/C10H17NO2/c1-7(2)8(12)5-9-11-10(3,4)6-13-9/h5,7,11H,6H2,1-4H3/b9-5+. The summed E-state index contributed by atoms with van der Waals surface area (Å²) in [5.74, 6) is 0.727. The predicted octanol–water partition coefficient (Wildman–Crippen LogP) is 1.45. The van der Waals surface area contributed by atoms with Crippen LogP contribution in [-0.2, 0) is 9.53 Å². The molecule has 1 heterocycles. The van der Waals surface area contributed by atoms with Gasteiger partial charge in [0.2, 0.25) is 0 Å². The van der Waals surface area contributed by atoms with Crippen molar-refractivity contribution in [3.05, 3.63) is 12.0 Å². The Kier molecular flexibility index (Phi) is 2.64. The van der Waals surface area contributed by atoms with E-state index in [1.165, 1.54) is 0 Å². The molecule has 0 atom stereocenters. The number of allylic oxidation sites excluding steroid dienone is 1. The average Bonchev–Trinajstić information content (AvgIpc) is 2.30. The lowest BCUT2D eigenvalue weighted by atomic mass is 10.1. The molecule has 0 spiro atoms. The Hall–Kier alpha value is -0.990. The van der Waals surface area contributed by atoms with Crippen LogP contribution in [0.5, 0.6) is 0 Å². The van der Waals surface area contributed by atoms with Gasteiger partial charge in [0.05, 0.1) is 5.54 Å². The molecule has 0 unspecified atom stereocenters. The van der Waals surface area contributed by atoms with Gasteiger partial charge >= 0.3 is 0 Å². The molecule has 1 N–H and O–H groups in total. The Bertz CT molecular complexity index is 241. The molecule has 0 saturated carbocycles. The lowest BCUT2D eigenvalue weighted by Gasteiger charge is -2.13. The van der Waals surface area contributed by atoms with E-state index in [1.807, 2.05) is 27.7 Å². The molecule has 0 bridgehead atoms. The number of carbonyl (C=O) groups is 1. The van der Waals surface area contributed by atoms with Crippen LogP contribution in [0.25, 0.3) is 0 Å². The molecule has 74 valence electrons. The van der Waals surface area contributed by atoms with Crippen LogP contribution in [0.2, 0.25) is 0 Å². The number of ketones is 1. The van der Waals surface area contributed by atoms with Crippen molar-refractivity contribution < 1.29 is 9.53 Å². The van der Waals surface area contributed by atoms with E-state index in [2.05, 4.69) is 5.32 Å². The molecule has 3 nitrogen and oxygen atoms in total. The summed E-state index contributed by atoms with van der Waals surface area (Å²) in [4.78, 5) is 11.3. The van der Waals surface area contributed by atoms with E-state index in [0.29, 0.717) is 12.5 Å². The van der Waals surface area contributed by atoms with Gasteiger partial charge in [-0.1, -0.05) is 13.8 Å². The summed E-state index contributed by atoms with van der Waals surface area (Å²) in [6.45, 7) is 8.44. The number of hydrogen-bond donors (Lipinski definition) is 1. The van der Waals surface area contributed by atoms with Crippen molar-refractivity contribution in [1.82, 2.24) is 5.32 Å². The molecular formula is C10H17NO2.